The van der Waals surface area contributed by atoms with E-state index in [4.69, 9.17) is 0 Å². The molecule has 2 unspecified atom stereocenters. The van der Waals surface area contributed by atoms with Crippen molar-refractivity contribution in [3.05, 3.63) is 34.3 Å². The average Bonchev–Trinajstić information content (AvgIpc) is 2.57. The Morgan fingerprint density at radius 1 is 0.926 bits per heavy atom. The molecule has 2 atom stereocenters. The summed E-state index contributed by atoms with van der Waals surface area (Å²) < 4.78 is 0.841. The van der Waals surface area contributed by atoms with E-state index in [9.17, 15) is 19.2 Å². The molecule has 3 rings (SSSR count). The minimum atomic E-state index is -0.956. The summed E-state index contributed by atoms with van der Waals surface area (Å²) >= 11 is 3.30. The number of amides is 4. The molecule has 1 saturated carbocycles. The van der Waals surface area contributed by atoms with Crippen LogP contribution in [0, 0.1) is 16.2 Å². The first-order chi connectivity index (χ1) is 12.5. The number of hydrogen-bond donors (Lipinski definition) is 3. The van der Waals surface area contributed by atoms with Gasteiger partial charge in [0.1, 0.15) is 0 Å². The maximum Gasteiger partial charge on any atom is 0.269 e. The Morgan fingerprint density at radius 3 is 1.96 bits per heavy atom. The summed E-state index contributed by atoms with van der Waals surface area (Å²) in [6.07, 6.45) is 1.02. The second-order valence-electron chi connectivity index (χ2n) is 8.41. The highest BCUT2D eigenvalue weighted by atomic mass is 79.9. The van der Waals surface area contributed by atoms with E-state index in [0.717, 1.165) is 4.47 Å². The lowest BCUT2D eigenvalue weighted by Gasteiger charge is -2.53. The SMILES string of the molecule is CC1(C(=O)NNC(=O)c2ccc(Br)cc2)CC2(C)CC(C)(C1)C(=O)NC2=O. The molecule has 1 aromatic carbocycles. The van der Waals surface area contributed by atoms with E-state index < -0.39 is 28.1 Å². The Labute approximate surface area is 165 Å². The molecule has 4 amide bonds. The fraction of sp³-hybridized carbons (Fsp3) is 0.474. The minimum absolute atomic E-state index is 0.300. The first kappa shape index (κ1) is 19.5. The molecule has 3 N–H and O–H groups in total. The second kappa shape index (κ2) is 6.44. The van der Waals surface area contributed by atoms with Crippen molar-refractivity contribution in [2.75, 3.05) is 0 Å². The van der Waals surface area contributed by atoms with Gasteiger partial charge in [0.25, 0.3) is 5.91 Å². The van der Waals surface area contributed by atoms with Crippen molar-refractivity contribution < 1.29 is 19.2 Å². The number of carbonyl (C=O) groups is 4. The normalized spacial score (nSPS) is 32.4. The van der Waals surface area contributed by atoms with Crippen molar-refractivity contribution in [2.24, 2.45) is 16.2 Å². The lowest BCUT2D eigenvalue weighted by Crippen LogP contribution is -2.64. The third-order valence-electron chi connectivity index (χ3n) is 5.61. The number of hydrazine groups is 1. The molecule has 144 valence electrons. The van der Waals surface area contributed by atoms with Gasteiger partial charge in [-0.05, 0) is 43.5 Å². The molecule has 1 aromatic rings. The number of piperidine rings is 1. The smallest absolute Gasteiger partial charge is 0.269 e. The maximum atomic E-state index is 12.9. The summed E-state index contributed by atoms with van der Waals surface area (Å²) in [4.78, 5) is 49.7. The summed E-state index contributed by atoms with van der Waals surface area (Å²) in [5.74, 6) is -1.54. The van der Waals surface area contributed by atoms with Gasteiger partial charge in [-0.2, -0.15) is 0 Å². The van der Waals surface area contributed by atoms with Crippen LogP contribution in [0.5, 0.6) is 0 Å². The van der Waals surface area contributed by atoms with Crippen LogP contribution in [0.25, 0.3) is 0 Å². The lowest BCUT2D eigenvalue weighted by atomic mass is 9.52. The van der Waals surface area contributed by atoms with Crippen molar-refractivity contribution in [1.29, 1.82) is 0 Å². The third-order valence-corrected chi connectivity index (χ3v) is 6.14. The number of hydrogen-bond acceptors (Lipinski definition) is 4. The highest BCUT2D eigenvalue weighted by Gasteiger charge is 2.60. The summed E-state index contributed by atoms with van der Waals surface area (Å²) in [5, 5.41) is 2.43. The Morgan fingerprint density at radius 2 is 1.44 bits per heavy atom. The highest BCUT2D eigenvalue weighted by Crippen LogP contribution is 2.56. The Kier molecular flexibility index (Phi) is 4.66. The molecule has 2 aliphatic rings. The van der Waals surface area contributed by atoms with Gasteiger partial charge in [-0.15, -0.1) is 0 Å². The number of carbonyl (C=O) groups excluding carboxylic acids is 4. The quantitative estimate of drug-likeness (QED) is 0.488. The van der Waals surface area contributed by atoms with E-state index >= 15 is 0 Å². The molecule has 0 spiro atoms. The van der Waals surface area contributed by atoms with Crippen LogP contribution >= 0.6 is 15.9 Å². The number of fused-ring (bicyclic) bond motifs is 2. The maximum absolute atomic E-state index is 12.9. The van der Waals surface area contributed by atoms with Crippen molar-refractivity contribution in [1.82, 2.24) is 16.2 Å². The van der Waals surface area contributed by atoms with Gasteiger partial charge >= 0.3 is 0 Å². The Hall–Kier alpha value is -2.22. The average molecular weight is 436 g/mol. The predicted octanol–water partition coefficient (Wildman–Crippen LogP) is 2.07. The van der Waals surface area contributed by atoms with Crippen LogP contribution in [0.15, 0.2) is 28.7 Å². The molecule has 27 heavy (non-hydrogen) atoms. The van der Waals surface area contributed by atoms with Crippen LogP contribution in [-0.2, 0) is 14.4 Å². The van der Waals surface area contributed by atoms with Crippen molar-refractivity contribution >= 4 is 39.6 Å². The second-order valence-corrected chi connectivity index (χ2v) is 9.33. The molecule has 1 heterocycles. The predicted molar refractivity (Wildman–Crippen MR) is 101 cm³/mol. The molecule has 8 heteroatoms. The molecular formula is C19H22BrN3O4. The van der Waals surface area contributed by atoms with E-state index in [0.29, 0.717) is 24.8 Å². The van der Waals surface area contributed by atoms with Crippen LogP contribution < -0.4 is 16.2 Å². The zero-order valence-electron chi connectivity index (χ0n) is 15.4. The van der Waals surface area contributed by atoms with E-state index in [-0.39, 0.29) is 11.8 Å². The molecule has 1 aliphatic heterocycles. The first-order valence-electron chi connectivity index (χ1n) is 8.70. The van der Waals surface area contributed by atoms with E-state index in [1.54, 1.807) is 45.0 Å². The molecule has 1 aliphatic carbocycles. The summed E-state index contributed by atoms with van der Waals surface area (Å²) in [6, 6.07) is 6.71. The number of rotatable bonds is 2. The Bertz CT molecular complexity index is 810. The van der Waals surface area contributed by atoms with Crippen LogP contribution in [0.1, 0.15) is 50.4 Å². The van der Waals surface area contributed by atoms with Crippen LogP contribution in [0.3, 0.4) is 0 Å². The van der Waals surface area contributed by atoms with Gasteiger partial charge in [-0.1, -0.05) is 36.7 Å². The van der Waals surface area contributed by atoms with Gasteiger partial charge in [0, 0.05) is 20.9 Å². The molecule has 1 saturated heterocycles. The molecular weight excluding hydrogens is 414 g/mol. The number of imide groups is 1. The molecule has 0 radical (unpaired) electrons. The first-order valence-corrected chi connectivity index (χ1v) is 9.49. The van der Waals surface area contributed by atoms with Gasteiger partial charge in [-0.25, -0.2) is 0 Å². The van der Waals surface area contributed by atoms with Gasteiger partial charge in [0.05, 0.1) is 5.41 Å². The number of benzene rings is 1. The van der Waals surface area contributed by atoms with Gasteiger partial charge in [0.2, 0.25) is 17.7 Å². The molecule has 7 nitrogen and oxygen atoms in total. The fourth-order valence-electron chi connectivity index (χ4n) is 4.60. The number of nitrogens with one attached hydrogen (secondary N) is 3. The summed E-state index contributed by atoms with van der Waals surface area (Å²) in [7, 11) is 0. The van der Waals surface area contributed by atoms with Gasteiger partial charge in [-0.3, -0.25) is 35.3 Å². The minimum Gasteiger partial charge on any atom is -0.296 e. The topological polar surface area (TPSA) is 104 Å². The van der Waals surface area contributed by atoms with E-state index in [2.05, 4.69) is 32.1 Å². The van der Waals surface area contributed by atoms with Crippen molar-refractivity contribution in [2.45, 2.75) is 40.0 Å². The van der Waals surface area contributed by atoms with Crippen LogP contribution in [0.2, 0.25) is 0 Å². The monoisotopic (exact) mass is 435 g/mol. The van der Waals surface area contributed by atoms with Gasteiger partial charge in [0.15, 0.2) is 0 Å². The van der Waals surface area contributed by atoms with E-state index in [1.807, 2.05) is 0 Å². The third kappa shape index (κ3) is 3.50. The summed E-state index contributed by atoms with van der Waals surface area (Å²) in [6.45, 7) is 5.28. The van der Waals surface area contributed by atoms with E-state index in [1.165, 1.54) is 0 Å². The standard InChI is InChI=1S/C19H22BrN3O4/c1-17-8-18(2,15(26)21-14(17)25)10-19(3,9-17)16(27)23-22-13(24)11-4-6-12(20)7-5-11/h4-7H,8-10H2,1-3H3,(H,22,24)(H,23,27)(H,21,25,26). The molecule has 2 fully saturated rings. The largest absolute Gasteiger partial charge is 0.296 e. The zero-order chi connectivity index (χ0) is 20.0. The Balaban J connectivity index is 1.74. The summed E-state index contributed by atoms with van der Waals surface area (Å²) in [5.41, 5.74) is 2.72. The zero-order valence-corrected chi connectivity index (χ0v) is 17.0. The van der Waals surface area contributed by atoms with Crippen molar-refractivity contribution in [3.8, 4) is 0 Å². The highest BCUT2D eigenvalue weighted by molar-refractivity contribution is 9.10. The number of halogens is 1. The van der Waals surface area contributed by atoms with Crippen molar-refractivity contribution in [3.63, 3.8) is 0 Å². The molecule has 0 aromatic heterocycles. The fourth-order valence-corrected chi connectivity index (χ4v) is 4.86. The lowest BCUT2D eigenvalue weighted by molar-refractivity contribution is -0.164. The molecule has 2 bridgehead atoms. The van der Waals surface area contributed by atoms with Crippen LogP contribution in [0.4, 0.5) is 0 Å². The van der Waals surface area contributed by atoms with Crippen LogP contribution in [-0.4, -0.2) is 23.6 Å². The van der Waals surface area contributed by atoms with Gasteiger partial charge < -0.3 is 0 Å².